The molecule has 1 aromatic heterocycles. The zero-order chi connectivity index (χ0) is 24.2. The summed E-state index contributed by atoms with van der Waals surface area (Å²) in [6.45, 7) is 13.7. The lowest BCUT2D eigenvalue weighted by molar-refractivity contribution is -0.147. The minimum atomic E-state index is -0.750. The van der Waals surface area contributed by atoms with Gasteiger partial charge in [-0.2, -0.15) is 0 Å². The molecule has 6 nitrogen and oxygen atoms in total. The van der Waals surface area contributed by atoms with Crippen LogP contribution in [-0.2, 0) is 10.2 Å². The van der Waals surface area contributed by atoms with E-state index < -0.39 is 11.4 Å². The molecular weight excluding hydrogens is 438 g/mol. The molecule has 0 amide bonds. The third kappa shape index (κ3) is 5.79. The van der Waals surface area contributed by atoms with Crippen LogP contribution >= 0.6 is 11.6 Å². The highest BCUT2D eigenvalue weighted by molar-refractivity contribution is 6.29. The van der Waals surface area contributed by atoms with Crippen LogP contribution in [0.2, 0.25) is 5.15 Å². The molecule has 0 atom stereocenters. The molecule has 180 valence electrons. The molecule has 1 aliphatic heterocycles. The summed E-state index contributed by atoms with van der Waals surface area (Å²) in [5.41, 5.74) is 2.71. The number of hydrogen-bond acceptors (Lipinski definition) is 5. The van der Waals surface area contributed by atoms with Crippen molar-refractivity contribution in [2.75, 3.05) is 38.1 Å². The van der Waals surface area contributed by atoms with Crippen LogP contribution in [0.1, 0.15) is 58.1 Å². The SMILES string of the molecule is CCOc1cc(Cl)ncc1NCC1(c2ccccc2C(C)C)CN(CCC(C)(C)C(=O)O)C1. The molecule has 2 aromatic rings. The summed E-state index contributed by atoms with van der Waals surface area (Å²) in [5, 5.41) is 13.4. The molecule has 0 bridgehead atoms. The van der Waals surface area contributed by atoms with Gasteiger partial charge in [0.1, 0.15) is 10.9 Å². The zero-order valence-corrected chi connectivity index (χ0v) is 21.1. The first-order chi connectivity index (χ1) is 15.6. The van der Waals surface area contributed by atoms with Crippen LogP contribution in [0.3, 0.4) is 0 Å². The maximum Gasteiger partial charge on any atom is 0.309 e. The van der Waals surface area contributed by atoms with Crippen molar-refractivity contribution in [3.8, 4) is 5.75 Å². The Bertz CT molecular complexity index is 971. The van der Waals surface area contributed by atoms with Gasteiger partial charge in [-0.25, -0.2) is 4.98 Å². The van der Waals surface area contributed by atoms with Crippen LogP contribution in [0, 0.1) is 5.41 Å². The smallest absolute Gasteiger partial charge is 0.309 e. The highest BCUT2D eigenvalue weighted by Gasteiger charge is 2.46. The lowest BCUT2D eigenvalue weighted by Crippen LogP contribution is -2.63. The Morgan fingerprint density at radius 1 is 1.33 bits per heavy atom. The number of halogens is 1. The number of pyridine rings is 1. The Balaban J connectivity index is 1.83. The minimum Gasteiger partial charge on any atom is -0.492 e. The van der Waals surface area contributed by atoms with Crippen LogP contribution in [0.5, 0.6) is 5.75 Å². The molecule has 1 fully saturated rings. The number of carboxylic acids is 1. The molecule has 2 heterocycles. The first-order valence-corrected chi connectivity index (χ1v) is 12.0. The average molecular weight is 474 g/mol. The van der Waals surface area contributed by atoms with Gasteiger partial charge in [-0.05, 0) is 50.8 Å². The van der Waals surface area contributed by atoms with Crippen molar-refractivity contribution in [2.24, 2.45) is 5.41 Å². The summed E-state index contributed by atoms with van der Waals surface area (Å²) in [6, 6.07) is 10.4. The number of hydrogen-bond donors (Lipinski definition) is 2. The van der Waals surface area contributed by atoms with Crippen LogP contribution in [0.25, 0.3) is 0 Å². The normalized spacial score (nSPS) is 15.8. The summed E-state index contributed by atoms with van der Waals surface area (Å²) >= 11 is 6.08. The van der Waals surface area contributed by atoms with Gasteiger partial charge in [0.15, 0.2) is 0 Å². The van der Waals surface area contributed by atoms with Crippen LogP contribution in [0.4, 0.5) is 5.69 Å². The van der Waals surface area contributed by atoms with Crippen molar-refractivity contribution in [1.29, 1.82) is 0 Å². The van der Waals surface area contributed by atoms with Crippen molar-refractivity contribution >= 4 is 23.3 Å². The molecular formula is C26H36ClN3O3. The number of ether oxygens (including phenoxy) is 1. The molecule has 0 aliphatic carbocycles. The lowest BCUT2D eigenvalue weighted by Gasteiger charge is -2.52. The first kappa shape index (κ1) is 25.3. The summed E-state index contributed by atoms with van der Waals surface area (Å²) in [6.07, 6.45) is 2.34. The van der Waals surface area contributed by atoms with E-state index in [2.05, 4.69) is 53.3 Å². The van der Waals surface area contributed by atoms with Crippen LogP contribution in [-0.4, -0.2) is 53.7 Å². The molecule has 3 rings (SSSR count). The monoisotopic (exact) mass is 473 g/mol. The van der Waals surface area contributed by atoms with Gasteiger partial charge < -0.3 is 20.1 Å². The zero-order valence-electron chi connectivity index (χ0n) is 20.3. The number of nitrogens with zero attached hydrogens (tertiary/aromatic N) is 2. The van der Waals surface area contributed by atoms with Crippen molar-refractivity contribution in [3.63, 3.8) is 0 Å². The fourth-order valence-corrected chi connectivity index (χ4v) is 4.61. The van der Waals surface area contributed by atoms with E-state index >= 15 is 0 Å². The standard InChI is InChI=1S/C26H36ClN3O3/c1-6-33-22-13-23(27)28-14-21(22)29-15-26(20-10-8-7-9-19(20)18(2)3)16-30(17-26)12-11-25(4,5)24(31)32/h7-10,13-14,18,29H,6,11-12,15-17H2,1-5H3,(H,31,32). The van der Waals surface area contributed by atoms with Crippen molar-refractivity contribution < 1.29 is 14.6 Å². The van der Waals surface area contributed by atoms with Crippen LogP contribution in [0.15, 0.2) is 36.5 Å². The Morgan fingerprint density at radius 3 is 2.67 bits per heavy atom. The third-order valence-electron chi connectivity index (χ3n) is 6.59. The molecule has 7 heteroatoms. The maximum absolute atomic E-state index is 11.5. The topological polar surface area (TPSA) is 74.7 Å². The van der Waals surface area contributed by atoms with Gasteiger partial charge in [0.25, 0.3) is 0 Å². The molecule has 0 radical (unpaired) electrons. The predicted molar refractivity (Wildman–Crippen MR) is 134 cm³/mol. The van der Waals surface area contributed by atoms with Gasteiger partial charge in [0.2, 0.25) is 0 Å². The highest BCUT2D eigenvalue weighted by Crippen LogP contribution is 2.40. The minimum absolute atomic E-state index is 0.0860. The number of nitrogens with one attached hydrogen (secondary N) is 1. The van der Waals surface area contributed by atoms with E-state index in [4.69, 9.17) is 16.3 Å². The molecule has 0 spiro atoms. The number of likely N-dealkylation sites (tertiary alicyclic amines) is 1. The highest BCUT2D eigenvalue weighted by atomic mass is 35.5. The number of benzene rings is 1. The summed E-state index contributed by atoms with van der Waals surface area (Å²) in [5.74, 6) is 0.359. The number of aliphatic carboxylic acids is 1. The van der Waals surface area contributed by atoms with Crippen LogP contribution < -0.4 is 10.1 Å². The van der Waals surface area contributed by atoms with Gasteiger partial charge in [-0.15, -0.1) is 0 Å². The van der Waals surface area contributed by atoms with Crippen molar-refractivity contribution in [2.45, 2.75) is 52.4 Å². The van der Waals surface area contributed by atoms with E-state index in [1.54, 1.807) is 26.1 Å². The second kappa shape index (κ2) is 10.3. The molecule has 1 aromatic carbocycles. The second-order valence-electron chi connectivity index (χ2n) is 9.96. The third-order valence-corrected chi connectivity index (χ3v) is 6.80. The van der Waals surface area contributed by atoms with Gasteiger partial charge in [-0.3, -0.25) is 4.79 Å². The molecule has 2 N–H and O–H groups in total. The van der Waals surface area contributed by atoms with Gasteiger partial charge in [0.05, 0.1) is 23.9 Å². The van der Waals surface area contributed by atoms with Gasteiger partial charge in [0, 0.05) is 31.1 Å². The van der Waals surface area contributed by atoms with E-state index in [0.29, 0.717) is 29.8 Å². The Morgan fingerprint density at radius 2 is 2.03 bits per heavy atom. The van der Waals surface area contributed by atoms with Crippen molar-refractivity contribution in [3.05, 3.63) is 52.8 Å². The molecule has 1 aliphatic rings. The lowest BCUT2D eigenvalue weighted by atomic mass is 9.70. The van der Waals surface area contributed by atoms with E-state index in [0.717, 1.165) is 31.9 Å². The Kier molecular flexibility index (Phi) is 7.91. The van der Waals surface area contributed by atoms with E-state index in [1.807, 2.05) is 6.92 Å². The summed E-state index contributed by atoms with van der Waals surface area (Å²) in [7, 11) is 0. The Labute approximate surface area is 202 Å². The molecule has 0 unspecified atom stereocenters. The number of aromatic nitrogens is 1. The molecule has 1 saturated heterocycles. The van der Waals surface area contributed by atoms with E-state index in [-0.39, 0.29) is 5.41 Å². The fraction of sp³-hybridized carbons (Fsp3) is 0.538. The first-order valence-electron chi connectivity index (χ1n) is 11.7. The number of rotatable bonds is 11. The summed E-state index contributed by atoms with van der Waals surface area (Å²) < 4.78 is 5.77. The number of anilines is 1. The summed E-state index contributed by atoms with van der Waals surface area (Å²) in [4.78, 5) is 18.1. The number of carbonyl (C=O) groups is 1. The predicted octanol–water partition coefficient (Wildman–Crippen LogP) is 5.42. The molecule has 0 saturated carbocycles. The van der Waals surface area contributed by atoms with Gasteiger partial charge >= 0.3 is 5.97 Å². The maximum atomic E-state index is 11.5. The Hall–Kier alpha value is -2.31. The van der Waals surface area contributed by atoms with E-state index in [9.17, 15) is 9.90 Å². The average Bonchev–Trinajstić information content (AvgIpc) is 2.73. The largest absolute Gasteiger partial charge is 0.492 e. The number of carboxylic acid groups (broad SMARTS) is 1. The molecule has 33 heavy (non-hydrogen) atoms. The fourth-order valence-electron chi connectivity index (χ4n) is 4.46. The van der Waals surface area contributed by atoms with Gasteiger partial charge in [-0.1, -0.05) is 49.7 Å². The quantitative estimate of drug-likeness (QED) is 0.424. The van der Waals surface area contributed by atoms with E-state index in [1.165, 1.54) is 11.1 Å². The second-order valence-corrected chi connectivity index (χ2v) is 10.3. The van der Waals surface area contributed by atoms with Crippen molar-refractivity contribution in [1.82, 2.24) is 9.88 Å².